The fourth-order valence-corrected chi connectivity index (χ4v) is 5.47. The lowest BCUT2D eigenvalue weighted by Gasteiger charge is -2.24. The van der Waals surface area contributed by atoms with Gasteiger partial charge in [0.05, 0.1) is 52.1 Å². The molecule has 4 aromatic rings. The second-order valence-corrected chi connectivity index (χ2v) is 9.57. The molecule has 0 saturated carbocycles. The number of benzene rings is 2. The number of thiazole rings is 1. The molecule has 5 rings (SSSR count). The Morgan fingerprint density at radius 3 is 2.67 bits per heavy atom. The molecule has 1 atom stereocenters. The first-order valence-corrected chi connectivity index (χ1v) is 12.8. The third-order valence-electron chi connectivity index (χ3n) is 6.19. The minimum absolute atomic E-state index is 0.103. The number of esters is 1. The van der Waals surface area contributed by atoms with Crippen molar-refractivity contribution in [3.63, 3.8) is 0 Å². The summed E-state index contributed by atoms with van der Waals surface area (Å²) >= 11 is 1.19. The van der Waals surface area contributed by atoms with Gasteiger partial charge >= 0.3 is 5.97 Å². The second kappa shape index (κ2) is 10.5. The molecule has 0 spiro atoms. The van der Waals surface area contributed by atoms with Crippen molar-refractivity contribution in [2.24, 2.45) is 4.99 Å². The van der Waals surface area contributed by atoms with E-state index in [-0.39, 0.29) is 23.6 Å². The van der Waals surface area contributed by atoms with E-state index >= 15 is 0 Å². The lowest BCUT2D eigenvalue weighted by Crippen LogP contribution is -2.39. The van der Waals surface area contributed by atoms with Crippen molar-refractivity contribution in [1.82, 2.24) is 4.57 Å². The summed E-state index contributed by atoms with van der Waals surface area (Å²) < 4.78 is 18.5. The molecule has 0 aliphatic carbocycles. The topological polar surface area (TPSA) is 126 Å². The highest BCUT2D eigenvalue weighted by atomic mass is 32.1. The molecule has 0 radical (unpaired) electrons. The molecular formula is C28H23N3O7S. The van der Waals surface area contributed by atoms with E-state index in [2.05, 4.69) is 4.99 Å². The number of nitro groups is 1. The third kappa shape index (κ3) is 4.79. The normalized spacial score (nSPS) is 15.1. The van der Waals surface area contributed by atoms with Crippen LogP contribution in [-0.4, -0.2) is 29.2 Å². The van der Waals surface area contributed by atoms with Gasteiger partial charge in [0.15, 0.2) is 4.80 Å². The Balaban J connectivity index is 1.60. The zero-order chi connectivity index (χ0) is 27.7. The number of hydrogen-bond acceptors (Lipinski definition) is 9. The predicted molar refractivity (Wildman–Crippen MR) is 144 cm³/mol. The van der Waals surface area contributed by atoms with Crippen LogP contribution >= 0.6 is 11.3 Å². The lowest BCUT2D eigenvalue weighted by atomic mass is 9.96. The number of carbonyl (C=O) groups is 1. The van der Waals surface area contributed by atoms with E-state index in [1.807, 2.05) is 30.3 Å². The second-order valence-electron chi connectivity index (χ2n) is 8.56. The number of hydrogen-bond donors (Lipinski definition) is 0. The van der Waals surface area contributed by atoms with Gasteiger partial charge in [0.25, 0.3) is 11.2 Å². The van der Waals surface area contributed by atoms with Gasteiger partial charge in [-0.1, -0.05) is 41.7 Å². The van der Waals surface area contributed by atoms with Crippen LogP contribution in [0.1, 0.15) is 31.2 Å². The third-order valence-corrected chi connectivity index (χ3v) is 7.18. The van der Waals surface area contributed by atoms with Crippen molar-refractivity contribution < 1.29 is 23.6 Å². The first-order chi connectivity index (χ1) is 18.8. The molecule has 0 unspecified atom stereocenters. The van der Waals surface area contributed by atoms with Crippen LogP contribution in [-0.2, 0) is 9.53 Å². The summed E-state index contributed by atoms with van der Waals surface area (Å²) in [5.41, 5.74) is 1.66. The number of carbonyl (C=O) groups excluding carboxylic acids is 1. The van der Waals surface area contributed by atoms with Crippen molar-refractivity contribution in [2.45, 2.75) is 19.9 Å². The Hall–Kier alpha value is -4.77. The van der Waals surface area contributed by atoms with Gasteiger partial charge in [-0.3, -0.25) is 19.5 Å². The number of allylic oxidation sites excluding steroid dienone is 1. The molecule has 0 amide bonds. The Labute approximate surface area is 225 Å². The Bertz CT molecular complexity index is 1800. The van der Waals surface area contributed by atoms with Gasteiger partial charge in [0, 0.05) is 12.1 Å². The molecule has 0 fully saturated rings. The largest absolute Gasteiger partial charge is 0.496 e. The molecule has 0 bridgehead atoms. The van der Waals surface area contributed by atoms with Crippen LogP contribution in [0.4, 0.5) is 5.69 Å². The standard InChI is InChI=1S/C28H23N3O7S/c1-4-37-27(33)24-16(2)29-28-30(25(24)17-8-6-5-7-9-17)26(32)23(39-28)15-19-11-13-21(38-19)20-12-10-18(31(34)35)14-22(20)36-3/h5-15,25H,4H2,1-3H3/b23-15-/t25-/m1/s1. The number of rotatable bonds is 7. The van der Waals surface area contributed by atoms with E-state index in [4.69, 9.17) is 13.9 Å². The highest BCUT2D eigenvalue weighted by molar-refractivity contribution is 7.07. The monoisotopic (exact) mass is 545 g/mol. The number of non-ortho nitro benzene ring substituents is 1. The molecule has 1 aliphatic heterocycles. The van der Waals surface area contributed by atoms with Crippen LogP contribution in [0.25, 0.3) is 17.4 Å². The van der Waals surface area contributed by atoms with E-state index in [1.54, 1.807) is 38.1 Å². The zero-order valence-electron chi connectivity index (χ0n) is 21.2. The lowest BCUT2D eigenvalue weighted by molar-refractivity contribution is -0.384. The molecule has 1 aliphatic rings. The average Bonchev–Trinajstić information content (AvgIpc) is 3.52. The maximum Gasteiger partial charge on any atom is 0.338 e. The summed E-state index contributed by atoms with van der Waals surface area (Å²) in [6.07, 6.45) is 1.61. The first-order valence-electron chi connectivity index (χ1n) is 12.0. The van der Waals surface area contributed by atoms with Gasteiger partial charge in [-0.25, -0.2) is 9.79 Å². The van der Waals surface area contributed by atoms with Crippen molar-refractivity contribution in [1.29, 1.82) is 0 Å². The van der Waals surface area contributed by atoms with Gasteiger partial charge in [0.1, 0.15) is 17.3 Å². The van der Waals surface area contributed by atoms with Gasteiger partial charge in [0.2, 0.25) is 0 Å². The van der Waals surface area contributed by atoms with Gasteiger partial charge < -0.3 is 13.9 Å². The summed E-state index contributed by atoms with van der Waals surface area (Å²) in [5.74, 6) is 0.584. The van der Waals surface area contributed by atoms with E-state index in [1.165, 1.54) is 35.1 Å². The minimum atomic E-state index is -0.694. The minimum Gasteiger partial charge on any atom is -0.496 e. The van der Waals surface area contributed by atoms with Crippen molar-refractivity contribution >= 4 is 29.1 Å². The van der Waals surface area contributed by atoms with E-state index < -0.39 is 16.9 Å². The Morgan fingerprint density at radius 1 is 1.21 bits per heavy atom. The molecule has 198 valence electrons. The summed E-state index contributed by atoms with van der Waals surface area (Å²) in [6, 6.07) is 16.2. The number of aromatic nitrogens is 1. The van der Waals surface area contributed by atoms with Gasteiger partial charge in [-0.05, 0) is 37.6 Å². The van der Waals surface area contributed by atoms with Gasteiger partial charge in [-0.15, -0.1) is 0 Å². The molecular weight excluding hydrogens is 522 g/mol. The Morgan fingerprint density at radius 2 is 1.97 bits per heavy atom. The number of fused-ring (bicyclic) bond motifs is 1. The molecule has 3 heterocycles. The van der Waals surface area contributed by atoms with Crippen LogP contribution in [0.5, 0.6) is 5.75 Å². The summed E-state index contributed by atoms with van der Waals surface area (Å²) in [5, 5.41) is 11.1. The number of methoxy groups -OCH3 is 1. The summed E-state index contributed by atoms with van der Waals surface area (Å²) in [7, 11) is 1.42. The number of nitrogens with zero attached hydrogens (tertiary/aromatic N) is 3. The van der Waals surface area contributed by atoms with Crippen LogP contribution in [0.3, 0.4) is 0 Å². The quantitative estimate of drug-likeness (QED) is 0.195. The first kappa shape index (κ1) is 25.9. The molecule has 2 aromatic heterocycles. The molecule has 0 saturated heterocycles. The van der Waals surface area contributed by atoms with Crippen molar-refractivity contribution in [3.8, 4) is 17.1 Å². The smallest absolute Gasteiger partial charge is 0.338 e. The molecule has 11 heteroatoms. The molecule has 2 aromatic carbocycles. The van der Waals surface area contributed by atoms with Crippen LogP contribution < -0.4 is 19.6 Å². The fourth-order valence-electron chi connectivity index (χ4n) is 4.44. The zero-order valence-corrected chi connectivity index (χ0v) is 22.1. The molecule has 39 heavy (non-hydrogen) atoms. The highest BCUT2D eigenvalue weighted by Crippen LogP contribution is 2.34. The van der Waals surface area contributed by atoms with E-state index in [9.17, 15) is 19.7 Å². The molecule has 10 nitrogen and oxygen atoms in total. The maximum absolute atomic E-state index is 13.7. The van der Waals surface area contributed by atoms with Crippen LogP contribution in [0, 0.1) is 10.1 Å². The van der Waals surface area contributed by atoms with E-state index in [0.29, 0.717) is 37.7 Å². The number of nitro benzene ring substituents is 1. The number of furan rings is 1. The molecule has 0 N–H and O–H groups in total. The van der Waals surface area contributed by atoms with Crippen LogP contribution in [0.2, 0.25) is 0 Å². The maximum atomic E-state index is 13.7. The van der Waals surface area contributed by atoms with Crippen LogP contribution in [0.15, 0.2) is 86.1 Å². The predicted octanol–water partition coefficient (Wildman–Crippen LogP) is 3.98. The Kier molecular flexibility index (Phi) is 6.99. The highest BCUT2D eigenvalue weighted by Gasteiger charge is 2.33. The summed E-state index contributed by atoms with van der Waals surface area (Å²) in [6.45, 7) is 3.65. The van der Waals surface area contributed by atoms with Crippen molar-refractivity contribution in [3.05, 3.63) is 113 Å². The fraction of sp³-hybridized carbons (Fsp3) is 0.179. The van der Waals surface area contributed by atoms with Crippen molar-refractivity contribution in [2.75, 3.05) is 13.7 Å². The summed E-state index contributed by atoms with van der Waals surface area (Å²) in [4.78, 5) is 42.3. The number of ether oxygens (including phenoxy) is 2. The van der Waals surface area contributed by atoms with Gasteiger partial charge in [-0.2, -0.15) is 0 Å². The van der Waals surface area contributed by atoms with E-state index in [0.717, 1.165) is 5.56 Å². The SMILES string of the molecule is CCOC(=O)C1=C(C)N=c2s/c(=C\c3ccc(-c4ccc([N+](=O)[O-])cc4OC)o3)c(=O)n2[C@@H]1c1ccccc1. The average molecular weight is 546 g/mol.